The molecule has 0 spiro atoms. The number of likely N-dealkylation sites (N-methyl/N-ethyl adjacent to an activating group) is 1. The number of hydrogen-bond acceptors (Lipinski definition) is 3. The molecule has 130 valence electrons. The first-order chi connectivity index (χ1) is 11.9. The zero-order valence-corrected chi connectivity index (χ0v) is 13.8. The molecular formula is C18H17F2N3O2. The lowest BCUT2D eigenvalue weighted by Crippen LogP contribution is -2.24. The van der Waals surface area contributed by atoms with Crippen molar-refractivity contribution in [3.8, 4) is 0 Å². The summed E-state index contributed by atoms with van der Waals surface area (Å²) < 4.78 is 26.1. The van der Waals surface area contributed by atoms with E-state index in [2.05, 4.69) is 10.3 Å². The van der Waals surface area contributed by atoms with Gasteiger partial charge in [-0.3, -0.25) is 14.6 Å². The average molecular weight is 345 g/mol. The molecule has 1 aromatic carbocycles. The van der Waals surface area contributed by atoms with E-state index < -0.39 is 11.6 Å². The van der Waals surface area contributed by atoms with Crippen LogP contribution in [0.3, 0.4) is 0 Å². The van der Waals surface area contributed by atoms with Crippen LogP contribution in [0.4, 0.5) is 8.78 Å². The minimum Gasteiger partial charge on any atom is -0.355 e. The number of pyridine rings is 1. The first-order valence-corrected chi connectivity index (χ1v) is 7.45. The summed E-state index contributed by atoms with van der Waals surface area (Å²) in [4.78, 5) is 29.0. The highest BCUT2D eigenvalue weighted by molar-refractivity contribution is 5.95. The molecule has 0 fully saturated rings. The smallest absolute Gasteiger partial charge is 0.252 e. The summed E-state index contributed by atoms with van der Waals surface area (Å²) in [6, 6.07) is 5.10. The molecule has 2 amide bonds. The van der Waals surface area contributed by atoms with Crippen molar-refractivity contribution in [1.29, 1.82) is 0 Å². The fourth-order valence-corrected chi connectivity index (χ4v) is 2.10. The third-order valence-electron chi connectivity index (χ3n) is 3.45. The maximum atomic E-state index is 13.2. The quantitative estimate of drug-likeness (QED) is 0.847. The lowest BCUT2D eigenvalue weighted by Gasteiger charge is -2.15. The topological polar surface area (TPSA) is 62.3 Å². The largest absolute Gasteiger partial charge is 0.355 e. The summed E-state index contributed by atoms with van der Waals surface area (Å²) in [5.41, 5.74) is 1.45. The standard InChI is InChI=1S/C18H17F2N3O2/c1-21-18(25)14-7-12(9-22-10-14)4-6-17(24)23(2)11-13-3-5-15(19)16(20)8-13/h3-10H,11H2,1-2H3,(H,21,25)/b6-4-. The van der Waals surface area contributed by atoms with Gasteiger partial charge in [-0.1, -0.05) is 6.07 Å². The first-order valence-electron chi connectivity index (χ1n) is 7.45. The van der Waals surface area contributed by atoms with Gasteiger partial charge in [0.15, 0.2) is 11.6 Å². The van der Waals surface area contributed by atoms with Crippen LogP contribution in [-0.2, 0) is 11.3 Å². The fraction of sp³-hybridized carbons (Fsp3) is 0.167. The number of carbonyl (C=O) groups excluding carboxylic acids is 2. The Hall–Kier alpha value is -3.09. The Bertz CT molecular complexity index is 822. The number of hydrogen-bond donors (Lipinski definition) is 1. The Kier molecular flexibility index (Phi) is 5.94. The van der Waals surface area contributed by atoms with Crippen molar-refractivity contribution in [2.75, 3.05) is 14.1 Å². The van der Waals surface area contributed by atoms with E-state index in [1.165, 1.54) is 42.6 Å². The van der Waals surface area contributed by atoms with Crippen LogP contribution in [0.5, 0.6) is 0 Å². The van der Waals surface area contributed by atoms with E-state index in [0.29, 0.717) is 16.7 Å². The Labute approximate surface area is 144 Å². The lowest BCUT2D eigenvalue weighted by atomic mass is 10.1. The van der Waals surface area contributed by atoms with Crippen molar-refractivity contribution in [2.24, 2.45) is 0 Å². The van der Waals surface area contributed by atoms with Crippen LogP contribution in [0, 0.1) is 11.6 Å². The molecule has 0 saturated heterocycles. The zero-order valence-electron chi connectivity index (χ0n) is 13.8. The Morgan fingerprint density at radius 3 is 2.64 bits per heavy atom. The molecule has 1 heterocycles. The number of benzene rings is 1. The molecule has 1 aromatic heterocycles. The van der Waals surface area contributed by atoms with Gasteiger partial charge in [-0.15, -0.1) is 0 Å². The number of nitrogens with zero attached hydrogens (tertiary/aromatic N) is 2. The molecule has 0 aliphatic heterocycles. The molecule has 0 aliphatic carbocycles. The van der Waals surface area contributed by atoms with Gasteiger partial charge in [-0.05, 0) is 35.4 Å². The van der Waals surface area contributed by atoms with Gasteiger partial charge in [0.25, 0.3) is 5.91 Å². The normalized spacial score (nSPS) is 10.7. The van der Waals surface area contributed by atoms with Gasteiger partial charge >= 0.3 is 0 Å². The summed E-state index contributed by atoms with van der Waals surface area (Å²) in [5, 5.41) is 2.49. The SMILES string of the molecule is CNC(=O)c1cncc(/C=C\C(=O)N(C)Cc2ccc(F)c(F)c2)c1. The van der Waals surface area contributed by atoms with Crippen LogP contribution in [0.15, 0.2) is 42.7 Å². The van der Waals surface area contributed by atoms with Crippen molar-refractivity contribution in [3.05, 3.63) is 71.1 Å². The molecule has 2 aromatic rings. The second-order valence-corrected chi connectivity index (χ2v) is 5.36. The highest BCUT2D eigenvalue weighted by atomic mass is 19.2. The lowest BCUT2D eigenvalue weighted by molar-refractivity contribution is -0.125. The molecule has 7 heteroatoms. The monoisotopic (exact) mass is 345 g/mol. The minimum absolute atomic E-state index is 0.136. The first kappa shape index (κ1) is 18.3. The third kappa shape index (κ3) is 4.94. The van der Waals surface area contributed by atoms with Crippen LogP contribution < -0.4 is 5.32 Å². The number of halogens is 2. The highest BCUT2D eigenvalue weighted by Gasteiger charge is 2.09. The van der Waals surface area contributed by atoms with Crippen molar-refractivity contribution in [2.45, 2.75) is 6.54 Å². The number of aromatic nitrogens is 1. The summed E-state index contributed by atoms with van der Waals surface area (Å²) in [6.45, 7) is 0.136. The predicted octanol–water partition coefficient (Wildman–Crippen LogP) is 2.39. The highest BCUT2D eigenvalue weighted by Crippen LogP contribution is 2.11. The zero-order chi connectivity index (χ0) is 18.4. The van der Waals surface area contributed by atoms with Crippen molar-refractivity contribution < 1.29 is 18.4 Å². The molecule has 0 atom stereocenters. The second-order valence-electron chi connectivity index (χ2n) is 5.36. The molecule has 0 bridgehead atoms. The van der Waals surface area contributed by atoms with E-state index in [1.54, 1.807) is 13.1 Å². The van der Waals surface area contributed by atoms with Crippen LogP contribution >= 0.6 is 0 Å². The predicted molar refractivity (Wildman–Crippen MR) is 89.5 cm³/mol. The van der Waals surface area contributed by atoms with Crippen LogP contribution in [0.2, 0.25) is 0 Å². The molecule has 0 aliphatic rings. The summed E-state index contributed by atoms with van der Waals surface area (Å²) in [7, 11) is 3.06. The van der Waals surface area contributed by atoms with Gasteiger partial charge < -0.3 is 10.2 Å². The Morgan fingerprint density at radius 1 is 1.20 bits per heavy atom. The summed E-state index contributed by atoms with van der Waals surface area (Å²) >= 11 is 0. The maximum absolute atomic E-state index is 13.2. The van der Waals surface area contributed by atoms with Gasteiger partial charge in [0.1, 0.15) is 0 Å². The second kappa shape index (κ2) is 8.14. The van der Waals surface area contributed by atoms with Crippen molar-refractivity contribution in [3.63, 3.8) is 0 Å². The van der Waals surface area contributed by atoms with E-state index in [1.807, 2.05) is 0 Å². The molecule has 0 unspecified atom stereocenters. The Morgan fingerprint density at radius 2 is 1.96 bits per heavy atom. The number of carbonyl (C=O) groups is 2. The molecular weight excluding hydrogens is 328 g/mol. The minimum atomic E-state index is -0.953. The van der Waals surface area contributed by atoms with Crippen LogP contribution in [0.1, 0.15) is 21.5 Å². The summed E-state index contributed by atoms with van der Waals surface area (Å²) in [5.74, 6) is -2.48. The molecule has 25 heavy (non-hydrogen) atoms. The van der Waals surface area contributed by atoms with E-state index in [9.17, 15) is 18.4 Å². The molecule has 5 nitrogen and oxygen atoms in total. The van der Waals surface area contributed by atoms with Gasteiger partial charge in [-0.2, -0.15) is 0 Å². The van der Waals surface area contributed by atoms with E-state index in [4.69, 9.17) is 0 Å². The number of amides is 2. The van der Waals surface area contributed by atoms with Gasteiger partial charge in [-0.25, -0.2) is 8.78 Å². The average Bonchev–Trinajstić information content (AvgIpc) is 2.62. The van der Waals surface area contributed by atoms with Gasteiger partial charge in [0.05, 0.1) is 5.56 Å². The summed E-state index contributed by atoms with van der Waals surface area (Å²) in [6.07, 6.45) is 5.80. The van der Waals surface area contributed by atoms with Gasteiger partial charge in [0.2, 0.25) is 5.91 Å². The number of nitrogens with one attached hydrogen (secondary N) is 1. The van der Waals surface area contributed by atoms with Crippen molar-refractivity contribution >= 4 is 17.9 Å². The van der Waals surface area contributed by atoms with Crippen molar-refractivity contribution in [1.82, 2.24) is 15.2 Å². The number of rotatable bonds is 5. The van der Waals surface area contributed by atoms with Crippen LogP contribution in [0.25, 0.3) is 6.08 Å². The van der Waals surface area contributed by atoms with Gasteiger partial charge in [0, 0.05) is 39.1 Å². The maximum Gasteiger partial charge on any atom is 0.252 e. The van der Waals surface area contributed by atoms with Crippen LogP contribution in [-0.4, -0.2) is 35.8 Å². The Balaban J connectivity index is 2.04. The van der Waals surface area contributed by atoms with E-state index in [-0.39, 0.29) is 18.4 Å². The molecule has 0 saturated carbocycles. The third-order valence-corrected chi connectivity index (χ3v) is 3.45. The fourth-order valence-electron chi connectivity index (χ4n) is 2.10. The molecule has 2 rings (SSSR count). The molecule has 0 radical (unpaired) electrons. The van der Waals surface area contributed by atoms with E-state index in [0.717, 1.165) is 12.1 Å². The van der Waals surface area contributed by atoms with E-state index >= 15 is 0 Å². The molecule has 1 N–H and O–H groups in total.